The average molecular weight is 481 g/mol. The molecule has 1 amide bonds. The molecular formula is C27H32N2O4S. The van der Waals surface area contributed by atoms with Crippen LogP contribution in [0.4, 0.5) is 5.00 Å². The molecule has 1 atom stereocenters. The first-order chi connectivity index (χ1) is 16.7. The molecule has 3 heterocycles. The van der Waals surface area contributed by atoms with Gasteiger partial charge in [0.2, 0.25) is 0 Å². The molecule has 1 fully saturated rings. The number of nitrogens with one attached hydrogen (secondary N) is 1. The first kappa shape index (κ1) is 23.0. The van der Waals surface area contributed by atoms with E-state index in [4.69, 9.17) is 13.9 Å². The molecule has 1 aromatic carbocycles. The third-order valence-corrected chi connectivity index (χ3v) is 8.17. The number of ether oxygens (including phenoxy) is 2. The Morgan fingerprint density at radius 2 is 1.88 bits per heavy atom. The predicted molar refractivity (Wildman–Crippen MR) is 134 cm³/mol. The lowest BCUT2D eigenvalue weighted by Crippen LogP contribution is -2.35. The molecule has 1 N–H and O–H groups in total. The predicted octanol–water partition coefficient (Wildman–Crippen LogP) is 6.06. The molecular weight excluding hydrogens is 448 g/mol. The number of likely N-dealkylation sites (tertiary alicyclic amines) is 1. The molecule has 7 heteroatoms. The Balaban J connectivity index is 1.66. The molecule has 0 unspecified atom stereocenters. The third-order valence-electron chi connectivity index (χ3n) is 6.94. The van der Waals surface area contributed by atoms with Crippen LogP contribution in [0.5, 0.6) is 11.5 Å². The second-order valence-electron chi connectivity index (χ2n) is 8.99. The number of carbonyl (C=O) groups is 1. The number of rotatable bonds is 7. The lowest BCUT2D eigenvalue weighted by molar-refractivity contribution is 0.0996. The Morgan fingerprint density at radius 1 is 1.06 bits per heavy atom. The van der Waals surface area contributed by atoms with E-state index in [1.807, 2.05) is 12.1 Å². The molecule has 6 nitrogen and oxygen atoms in total. The van der Waals surface area contributed by atoms with Crippen molar-refractivity contribution in [2.45, 2.75) is 51.0 Å². The summed E-state index contributed by atoms with van der Waals surface area (Å²) < 4.78 is 16.9. The van der Waals surface area contributed by atoms with Crippen LogP contribution in [0.2, 0.25) is 0 Å². The van der Waals surface area contributed by atoms with Crippen molar-refractivity contribution < 1.29 is 18.7 Å². The van der Waals surface area contributed by atoms with Gasteiger partial charge < -0.3 is 19.2 Å². The maximum Gasteiger partial charge on any atom is 0.291 e. The molecule has 0 bridgehead atoms. The van der Waals surface area contributed by atoms with Crippen LogP contribution in [-0.2, 0) is 12.8 Å². The SMILES string of the molecule is COc1ccc(OC)c([C@H](c2c(NC(=O)c3ccco3)sc3c2CCCC3)N2CCCCC2)c1. The number of piperidine rings is 1. The summed E-state index contributed by atoms with van der Waals surface area (Å²) in [5.74, 6) is 1.77. The van der Waals surface area contributed by atoms with Gasteiger partial charge in [0.1, 0.15) is 16.5 Å². The molecule has 0 spiro atoms. The van der Waals surface area contributed by atoms with E-state index >= 15 is 0 Å². The van der Waals surface area contributed by atoms with E-state index < -0.39 is 0 Å². The van der Waals surface area contributed by atoms with Gasteiger partial charge in [0.25, 0.3) is 5.91 Å². The zero-order valence-corrected chi connectivity index (χ0v) is 20.7. The number of fused-ring (bicyclic) bond motifs is 1. The van der Waals surface area contributed by atoms with Crippen molar-refractivity contribution in [3.8, 4) is 11.5 Å². The summed E-state index contributed by atoms with van der Waals surface area (Å²) in [5, 5.41) is 4.14. The molecule has 2 aliphatic rings. The molecule has 1 aliphatic carbocycles. The van der Waals surface area contributed by atoms with Gasteiger partial charge in [0.05, 0.1) is 26.5 Å². The molecule has 2 aromatic heterocycles. The maximum atomic E-state index is 13.0. The quantitative estimate of drug-likeness (QED) is 0.445. The van der Waals surface area contributed by atoms with Crippen LogP contribution in [0, 0.1) is 0 Å². The number of nitrogens with zero attached hydrogens (tertiary/aromatic N) is 1. The fraction of sp³-hybridized carbons (Fsp3) is 0.444. The zero-order valence-electron chi connectivity index (χ0n) is 19.9. The second kappa shape index (κ2) is 10.2. The first-order valence-electron chi connectivity index (χ1n) is 12.1. The Hall–Kier alpha value is -2.77. The highest BCUT2D eigenvalue weighted by molar-refractivity contribution is 7.16. The van der Waals surface area contributed by atoms with Crippen molar-refractivity contribution in [1.29, 1.82) is 0 Å². The molecule has 180 valence electrons. The molecule has 3 aromatic rings. The fourth-order valence-electron chi connectivity index (χ4n) is 5.31. The number of hydrogen-bond donors (Lipinski definition) is 1. The van der Waals surface area contributed by atoms with E-state index in [2.05, 4.69) is 16.3 Å². The van der Waals surface area contributed by atoms with Crippen molar-refractivity contribution in [1.82, 2.24) is 4.90 Å². The van der Waals surface area contributed by atoms with Gasteiger partial charge in [-0.1, -0.05) is 6.42 Å². The largest absolute Gasteiger partial charge is 0.497 e. The summed E-state index contributed by atoms with van der Waals surface area (Å²) in [6.07, 6.45) is 9.58. The molecule has 34 heavy (non-hydrogen) atoms. The van der Waals surface area contributed by atoms with Crippen molar-refractivity contribution in [3.05, 3.63) is 63.9 Å². The number of thiophene rings is 1. The van der Waals surface area contributed by atoms with Gasteiger partial charge >= 0.3 is 0 Å². The first-order valence-corrected chi connectivity index (χ1v) is 13.0. The van der Waals surface area contributed by atoms with Crippen LogP contribution in [-0.4, -0.2) is 38.1 Å². The number of furan rings is 1. The standard InChI is InChI=1S/C27H32N2O4S/c1-31-18-12-13-21(32-2)20(17-18)25(29-14-6-3-7-15-29)24-19-9-4-5-11-23(19)34-27(24)28-26(30)22-10-8-16-33-22/h8,10,12-13,16-17,25H,3-7,9,11,14-15H2,1-2H3,(H,28,30)/t25-/m1/s1. The summed E-state index contributed by atoms with van der Waals surface area (Å²) in [6.45, 7) is 2.03. The van der Waals surface area contributed by atoms with Crippen LogP contribution in [0.3, 0.4) is 0 Å². The molecule has 0 saturated carbocycles. The minimum atomic E-state index is -0.208. The van der Waals surface area contributed by atoms with E-state index in [0.717, 1.165) is 48.0 Å². The Morgan fingerprint density at radius 3 is 2.62 bits per heavy atom. The highest BCUT2D eigenvalue weighted by atomic mass is 32.1. The van der Waals surface area contributed by atoms with Gasteiger partial charge in [-0.15, -0.1) is 11.3 Å². The van der Waals surface area contributed by atoms with Crippen LogP contribution >= 0.6 is 11.3 Å². The summed E-state index contributed by atoms with van der Waals surface area (Å²) in [6, 6.07) is 9.46. The zero-order chi connectivity index (χ0) is 23.5. The molecule has 0 radical (unpaired) electrons. The van der Waals surface area contributed by atoms with Gasteiger partial charge in [0.15, 0.2) is 5.76 Å². The van der Waals surface area contributed by atoms with E-state index in [0.29, 0.717) is 5.76 Å². The van der Waals surface area contributed by atoms with Crippen LogP contribution in [0.25, 0.3) is 0 Å². The number of amides is 1. The van der Waals surface area contributed by atoms with E-state index in [1.54, 1.807) is 37.7 Å². The van der Waals surface area contributed by atoms with E-state index in [1.165, 1.54) is 54.4 Å². The van der Waals surface area contributed by atoms with Crippen LogP contribution in [0.1, 0.15) is 70.3 Å². The minimum Gasteiger partial charge on any atom is -0.497 e. The van der Waals surface area contributed by atoms with Gasteiger partial charge in [0, 0.05) is 16.0 Å². The normalized spacial score (nSPS) is 17.1. The lowest BCUT2D eigenvalue weighted by Gasteiger charge is -2.37. The van der Waals surface area contributed by atoms with Crippen molar-refractivity contribution in [2.75, 3.05) is 32.6 Å². The van der Waals surface area contributed by atoms with Crippen molar-refractivity contribution >= 4 is 22.2 Å². The smallest absolute Gasteiger partial charge is 0.291 e. The van der Waals surface area contributed by atoms with Crippen molar-refractivity contribution in [3.63, 3.8) is 0 Å². The maximum absolute atomic E-state index is 13.0. The van der Waals surface area contributed by atoms with Crippen LogP contribution in [0.15, 0.2) is 41.0 Å². The summed E-state index contributed by atoms with van der Waals surface area (Å²) in [4.78, 5) is 17.0. The monoisotopic (exact) mass is 480 g/mol. The Bertz CT molecular complexity index is 1130. The second-order valence-corrected chi connectivity index (χ2v) is 10.1. The fourth-order valence-corrected chi connectivity index (χ4v) is 6.63. The topological polar surface area (TPSA) is 63.9 Å². The van der Waals surface area contributed by atoms with Crippen molar-refractivity contribution in [2.24, 2.45) is 0 Å². The van der Waals surface area contributed by atoms with E-state index in [9.17, 15) is 4.79 Å². The van der Waals surface area contributed by atoms with E-state index in [-0.39, 0.29) is 11.9 Å². The van der Waals surface area contributed by atoms with Gasteiger partial charge in [-0.3, -0.25) is 9.69 Å². The summed E-state index contributed by atoms with van der Waals surface area (Å²) in [7, 11) is 3.42. The molecule has 5 rings (SSSR count). The number of benzene rings is 1. The van der Waals surface area contributed by atoms with Gasteiger partial charge in [-0.05, 0) is 87.5 Å². The third kappa shape index (κ3) is 4.46. The van der Waals surface area contributed by atoms with Gasteiger partial charge in [-0.2, -0.15) is 0 Å². The van der Waals surface area contributed by atoms with Crippen LogP contribution < -0.4 is 14.8 Å². The highest BCUT2D eigenvalue weighted by Gasteiger charge is 2.34. The number of carbonyl (C=O) groups excluding carboxylic acids is 1. The Labute approximate surface area is 204 Å². The average Bonchev–Trinajstić information content (AvgIpc) is 3.54. The highest BCUT2D eigenvalue weighted by Crippen LogP contribution is 2.48. The Kier molecular flexibility index (Phi) is 6.92. The number of anilines is 1. The summed E-state index contributed by atoms with van der Waals surface area (Å²) >= 11 is 1.73. The lowest BCUT2D eigenvalue weighted by atomic mass is 9.87. The summed E-state index contributed by atoms with van der Waals surface area (Å²) in [5.41, 5.74) is 3.70. The number of hydrogen-bond acceptors (Lipinski definition) is 6. The number of aryl methyl sites for hydroxylation is 1. The molecule has 1 saturated heterocycles. The molecule has 1 aliphatic heterocycles. The minimum absolute atomic E-state index is 0.0182. The number of methoxy groups -OCH3 is 2. The van der Waals surface area contributed by atoms with Gasteiger partial charge in [-0.25, -0.2) is 0 Å².